The highest BCUT2D eigenvalue weighted by Gasteiger charge is 2.46. The van der Waals surface area contributed by atoms with E-state index in [1.165, 1.54) is 32.1 Å². The fourth-order valence-electron chi connectivity index (χ4n) is 5.69. The number of aliphatic hydroxyl groups excluding tert-OH is 3. The average molecular weight is 761 g/mol. The second-order valence-electron chi connectivity index (χ2n) is 13.6. The van der Waals surface area contributed by atoms with E-state index in [2.05, 4.69) is 50.3 Å². The van der Waals surface area contributed by atoms with Crippen molar-refractivity contribution in [2.45, 2.75) is 179 Å². The smallest absolute Gasteiger partial charge is 0.306 e. The Morgan fingerprint density at radius 2 is 1.21 bits per heavy atom. The van der Waals surface area contributed by atoms with Gasteiger partial charge >= 0.3 is 11.9 Å². The Balaban J connectivity index is 2.53. The van der Waals surface area contributed by atoms with Crippen LogP contribution in [-0.2, 0) is 38.7 Å². The average Bonchev–Trinajstić information content (AvgIpc) is 3.10. The number of unbranched alkanes of at least 4 members (excludes halogenated alkanes) is 13. The van der Waals surface area contributed by atoms with Crippen LogP contribution in [0.15, 0.2) is 36.5 Å². The maximum absolute atomic E-state index is 12.7. The molecule has 0 bridgehead atoms. The monoisotopic (exact) mass is 760 g/mol. The Bertz CT molecular complexity index is 1120. The second kappa shape index (κ2) is 30.2. The fourth-order valence-corrected chi connectivity index (χ4v) is 6.38. The number of ether oxygens (including phenoxy) is 4. The first-order valence-electron chi connectivity index (χ1n) is 19.5. The Morgan fingerprint density at radius 1 is 0.673 bits per heavy atom. The number of allylic oxidation sites excluding steroid dienone is 6. The van der Waals surface area contributed by atoms with Gasteiger partial charge in [-0.25, -0.2) is 0 Å². The minimum Gasteiger partial charge on any atom is -0.462 e. The van der Waals surface area contributed by atoms with E-state index in [0.29, 0.717) is 12.8 Å². The van der Waals surface area contributed by atoms with E-state index in [-0.39, 0.29) is 19.4 Å². The fraction of sp³-hybridized carbons (Fsp3) is 0.795. The van der Waals surface area contributed by atoms with Gasteiger partial charge < -0.3 is 34.3 Å². The highest BCUT2D eigenvalue weighted by molar-refractivity contribution is 7.85. The van der Waals surface area contributed by atoms with Crippen molar-refractivity contribution in [1.82, 2.24) is 0 Å². The molecule has 302 valence electrons. The predicted octanol–water partition coefficient (Wildman–Crippen LogP) is 6.66. The number of carbonyl (C=O) groups excluding carboxylic acids is 2. The van der Waals surface area contributed by atoms with Crippen LogP contribution in [0.25, 0.3) is 0 Å². The van der Waals surface area contributed by atoms with Crippen molar-refractivity contribution in [2.24, 2.45) is 0 Å². The number of hydrogen-bond donors (Lipinski definition) is 4. The first-order chi connectivity index (χ1) is 25.0. The van der Waals surface area contributed by atoms with Crippen molar-refractivity contribution in [3.8, 4) is 0 Å². The van der Waals surface area contributed by atoms with Crippen molar-refractivity contribution in [3.05, 3.63) is 36.5 Å². The first-order valence-corrected chi connectivity index (χ1v) is 21.2. The Labute approximate surface area is 312 Å². The lowest BCUT2D eigenvalue weighted by Crippen LogP contribution is -2.60. The molecular formula is C39H68O12S. The van der Waals surface area contributed by atoms with E-state index in [1.807, 2.05) is 0 Å². The van der Waals surface area contributed by atoms with Gasteiger partial charge in [-0.3, -0.25) is 14.1 Å². The standard InChI is InChI=1S/C39H68O12S/c1-3-5-7-9-11-13-14-15-16-17-18-20-22-24-26-28-35(41)50-32(29-48-34(40)27-25-23-21-19-12-10-8-6-4-2)30-49-39-38(44)37(43)36(42)33(51-39)31-52(45,46)47/h5,7,11,13,15-16,32-33,36-39,42-44H,3-4,6,8-10,12,14,17-31H2,1-2H3,(H,45,46,47)/b7-5+,13-11+,16-15+/t32-,33-,36-,37?,38?,39+/m1/s1. The second-order valence-corrected chi connectivity index (χ2v) is 15.1. The molecule has 0 amide bonds. The molecule has 1 aliphatic rings. The van der Waals surface area contributed by atoms with Gasteiger partial charge in [-0.15, -0.1) is 0 Å². The van der Waals surface area contributed by atoms with Crippen molar-refractivity contribution < 1.29 is 56.8 Å². The summed E-state index contributed by atoms with van der Waals surface area (Å²) in [6, 6.07) is 0. The van der Waals surface area contributed by atoms with Crippen molar-refractivity contribution >= 4 is 22.1 Å². The molecule has 0 aromatic heterocycles. The van der Waals surface area contributed by atoms with Gasteiger partial charge in [0.15, 0.2) is 12.4 Å². The predicted molar refractivity (Wildman–Crippen MR) is 201 cm³/mol. The number of carbonyl (C=O) groups is 2. The van der Waals surface area contributed by atoms with Crippen LogP contribution in [0, 0.1) is 0 Å². The zero-order chi connectivity index (χ0) is 38.5. The molecule has 0 aliphatic carbocycles. The number of hydrogen-bond acceptors (Lipinski definition) is 11. The molecule has 13 heteroatoms. The third kappa shape index (κ3) is 25.0. The molecule has 52 heavy (non-hydrogen) atoms. The number of aliphatic hydroxyl groups is 3. The van der Waals surface area contributed by atoms with Crippen LogP contribution in [0.4, 0.5) is 0 Å². The summed E-state index contributed by atoms with van der Waals surface area (Å²) >= 11 is 0. The van der Waals surface area contributed by atoms with E-state index in [9.17, 15) is 37.9 Å². The lowest BCUT2D eigenvalue weighted by Gasteiger charge is -2.40. The normalized spacial score (nSPS) is 21.7. The molecular weight excluding hydrogens is 692 g/mol. The van der Waals surface area contributed by atoms with Gasteiger partial charge in [0.25, 0.3) is 10.1 Å². The maximum atomic E-state index is 12.7. The van der Waals surface area contributed by atoms with E-state index >= 15 is 0 Å². The zero-order valence-electron chi connectivity index (χ0n) is 31.7. The SMILES string of the molecule is CC/C=C/C/C=C/C/C=C/CCCCCCCC(=O)O[C@H](COC(=O)CCCCCCCCCCC)CO[C@H]1O[C@H](CS(=O)(=O)O)[C@@H](O)C(O)C1O. The first kappa shape index (κ1) is 47.9. The van der Waals surface area contributed by atoms with Gasteiger partial charge in [0.2, 0.25) is 0 Å². The van der Waals surface area contributed by atoms with Gasteiger partial charge in [0.05, 0.1) is 6.61 Å². The molecule has 2 unspecified atom stereocenters. The molecule has 0 aromatic rings. The van der Waals surface area contributed by atoms with Crippen molar-refractivity contribution in [1.29, 1.82) is 0 Å². The summed E-state index contributed by atoms with van der Waals surface area (Å²) in [5.41, 5.74) is 0. The highest BCUT2D eigenvalue weighted by atomic mass is 32.2. The van der Waals surface area contributed by atoms with Crippen LogP contribution in [0.3, 0.4) is 0 Å². The summed E-state index contributed by atoms with van der Waals surface area (Å²) in [5.74, 6) is -2.01. The molecule has 1 aliphatic heterocycles. The molecule has 0 aromatic carbocycles. The van der Waals surface area contributed by atoms with E-state index < -0.39 is 71.2 Å². The minimum atomic E-state index is -4.60. The number of esters is 2. The van der Waals surface area contributed by atoms with Crippen LogP contribution >= 0.6 is 0 Å². The third-order valence-electron chi connectivity index (χ3n) is 8.73. The Kier molecular flexibility index (Phi) is 27.8. The lowest BCUT2D eigenvalue weighted by atomic mass is 10.00. The molecule has 0 spiro atoms. The molecule has 0 radical (unpaired) electrons. The summed E-state index contributed by atoms with van der Waals surface area (Å²) in [6.07, 6.45) is 22.1. The van der Waals surface area contributed by atoms with Crippen LogP contribution in [-0.4, -0.2) is 96.0 Å². The van der Waals surface area contributed by atoms with Gasteiger partial charge in [-0.1, -0.05) is 121 Å². The van der Waals surface area contributed by atoms with Crippen molar-refractivity contribution in [3.63, 3.8) is 0 Å². The molecule has 4 N–H and O–H groups in total. The van der Waals surface area contributed by atoms with Crippen LogP contribution in [0.1, 0.15) is 142 Å². The molecule has 1 heterocycles. The van der Waals surface area contributed by atoms with Gasteiger partial charge in [0.1, 0.15) is 36.8 Å². The molecule has 1 fully saturated rings. The Hall–Kier alpha value is -2.13. The van der Waals surface area contributed by atoms with E-state index in [0.717, 1.165) is 70.6 Å². The zero-order valence-corrected chi connectivity index (χ0v) is 32.5. The minimum absolute atomic E-state index is 0.145. The van der Waals surface area contributed by atoms with Gasteiger partial charge in [-0.05, 0) is 44.9 Å². The topological polar surface area (TPSA) is 186 Å². The molecule has 12 nitrogen and oxygen atoms in total. The van der Waals surface area contributed by atoms with Crippen LogP contribution in [0.2, 0.25) is 0 Å². The van der Waals surface area contributed by atoms with Crippen LogP contribution in [0.5, 0.6) is 0 Å². The lowest BCUT2D eigenvalue weighted by molar-refractivity contribution is -0.297. The highest BCUT2D eigenvalue weighted by Crippen LogP contribution is 2.24. The largest absolute Gasteiger partial charge is 0.462 e. The summed E-state index contributed by atoms with van der Waals surface area (Å²) < 4.78 is 53.8. The maximum Gasteiger partial charge on any atom is 0.306 e. The molecule has 1 rings (SSSR count). The Morgan fingerprint density at radius 3 is 1.81 bits per heavy atom. The summed E-state index contributed by atoms with van der Waals surface area (Å²) in [5, 5.41) is 30.7. The summed E-state index contributed by atoms with van der Waals surface area (Å²) in [4.78, 5) is 25.2. The summed E-state index contributed by atoms with van der Waals surface area (Å²) in [7, 11) is -4.60. The summed E-state index contributed by atoms with van der Waals surface area (Å²) in [6.45, 7) is 3.58. The van der Waals surface area contributed by atoms with Crippen molar-refractivity contribution in [2.75, 3.05) is 19.0 Å². The van der Waals surface area contributed by atoms with E-state index in [4.69, 9.17) is 18.9 Å². The number of rotatable bonds is 31. The third-order valence-corrected chi connectivity index (χ3v) is 9.48. The van der Waals surface area contributed by atoms with E-state index in [1.54, 1.807) is 0 Å². The quantitative estimate of drug-likeness (QED) is 0.0255. The molecule has 6 atom stereocenters. The molecule has 1 saturated heterocycles. The van der Waals surface area contributed by atoms with Crippen LogP contribution < -0.4 is 0 Å². The van der Waals surface area contributed by atoms with Gasteiger partial charge in [-0.2, -0.15) is 8.42 Å². The van der Waals surface area contributed by atoms with Gasteiger partial charge in [0, 0.05) is 12.8 Å². The molecule has 0 saturated carbocycles.